The lowest BCUT2D eigenvalue weighted by Gasteiger charge is -2.35. The van der Waals surface area contributed by atoms with Gasteiger partial charge in [-0.3, -0.25) is 19.8 Å². The minimum Gasteiger partial charge on any atom is -0.273 e. The van der Waals surface area contributed by atoms with E-state index in [0.29, 0.717) is 5.56 Å². The van der Waals surface area contributed by atoms with Crippen LogP contribution in [0, 0.1) is 5.82 Å². The van der Waals surface area contributed by atoms with Crippen molar-refractivity contribution < 1.29 is 18.8 Å². The summed E-state index contributed by atoms with van der Waals surface area (Å²) in [4.78, 5) is 37.8. The Hall–Kier alpha value is -2.50. The van der Waals surface area contributed by atoms with Crippen LogP contribution in [0.5, 0.6) is 0 Å². The second-order valence-electron chi connectivity index (χ2n) is 5.84. The quantitative estimate of drug-likeness (QED) is 0.674. The Morgan fingerprint density at radius 3 is 2.57 bits per heavy atom. The van der Waals surface area contributed by atoms with E-state index in [9.17, 15) is 18.8 Å². The van der Waals surface area contributed by atoms with Crippen molar-refractivity contribution >= 4 is 23.9 Å². The fraction of sp³-hybridized carbons (Fsp3) is 0.353. The SMILES string of the molecule is O=C1NC(=O)N(C2CCCCC2)C(=O)C1=Cc1cccc(F)c1. The average molecular weight is 316 g/mol. The summed E-state index contributed by atoms with van der Waals surface area (Å²) in [7, 11) is 0. The molecule has 4 amide bonds. The van der Waals surface area contributed by atoms with E-state index in [2.05, 4.69) is 5.32 Å². The standard InChI is InChI=1S/C17H17FN2O3/c18-12-6-4-5-11(9-12)10-14-15(21)19-17(23)20(16(14)22)13-7-2-1-3-8-13/h4-6,9-10,13H,1-3,7-8H2,(H,19,21,23). The number of carbonyl (C=O) groups is 3. The van der Waals surface area contributed by atoms with Crippen LogP contribution >= 0.6 is 0 Å². The second-order valence-corrected chi connectivity index (χ2v) is 5.84. The van der Waals surface area contributed by atoms with Crippen LogP contribution in [0.4, 0.5) is 9.18 Å². The number of imide groups is 2. The Balaban J connectivity index is 1.91. The van der Waals surface area contributed by atoms with Crippen LogP contribution < -0.4 is 5.32 Å². The molecule has 5 nitrogen and oxygen atoms in total. The van der Waals surface area contributed by atoms with E-state index in [-0.39, 0.29) is 11.6 Å². The number of hydrogen-bond donors (Lipinski definition) is 1. The van der Waals surface area contributed by atoms with Crippen molar-refractivity contribution in [2.45, 2.75) is 38.1 Å². The van der Waals surface area contributed by atoms with Crippen LogP contribution in [0.2, 0.25) is 0 Å². The van der Waals surface area contributed by atoms with Crippen molar-refractivity contribution in [2.75, 3.05) is 0 Å². The number of rotatable bonds is 2. The molecule has 0 aromatic heterocycles. The summed E-state index contributed by atoms with van der Waals surface area (Å²) in [5.74, 6) is -1.80. The van der Waals surface area contributed by atoms with Crippen LogP contribution in [0.3, 0.4) is 0 Å². The third-order valence-corrected chi connectivity index (χ3v) is 4.23. The van der Waals surface area contributed by atoms with Gasteiger partial charge in [0.2, 0.25) is 0 Å². The number of carbonyl (C=O) groups excluding carboxylic acids is 3. The Morgan fingerprint density at radius 2 is 1.87 bits per heavy atom. The zero-order chi connectivity index (χ0) is 16.4. The van der Waals surface area contributed by atoms with Gasteiger partial charge in [-0.1, -0.05) is 31.4 Å². The number of nitrogens with zero attached hydrogens (tertiary/aromatic N) is 1. The molecule has 0 unspecified atom stereocenters. The lowest BCUT2D eigenvalue weighted by molar-refractivity contribution is -0.132. The Kier molecular flexibility index (Phi) is 4.23. The number of barbiturate groups is 1. The highest BCUT2D eigenvalue weighted by Gasteiger charge is 2.40. The summed E-state index contributed by atoms with van der Waals surface area (Å²) < 4.78 is 13.3. The van der Waals surface area contributed by atoms with Gasteiger partial charge in [-0.25, -0.2) is 9.18 Å². The van der Waals surface area contributed by atoms with E-state index in [1.807, 2.05) is 0 Å². The van der Waals surface area contributed by atoms with Gasteiger partial charge in [-0.2, -0.15) is 0 Å². The van der Waals surface area contributed by atoms with E-state index in [4.69, 9.17) is 0 Å². The summed E-state index contributed by atoms with van der Waals surface area (Å²) in [6.07, 6.45) is 5.83. The number of urea groups is 1. The maximum absolute atomic E-state index is 13.3. The van der Waals surface area contributed by atoms with Crippen molar-refractivity contribution in [3.8, 4) is 0 Å². The van der Waals surface area contributed by atoms with Crippen LogP contribution in [0.15, 0.2) is 29.8 Å². The molecule has 1 saturated carbocycles. The molecular formula is C17H17FN2O3. The Bertz CT molecular complexity index is 693. The number of hydrogen-bond acceptors (Lipinski definition) is 3. The maximum atomic E-state index is 13.3. The maximum Gasteiger partial charge on any atom is 0.331 e. The average Bonchev–Trinajstić information content (AvgIpc) is 2.52. The molecule has 1 aromatic rings. The van der Waals surface area contributed by atoms with Gasteiger partial charge in [-0.05, 0) is 36.6 Å². The van der Waals surface area contributed by atoms with Gasteiger partial charge in [0.1, 0.15) is 11.4 Å². The molecule has 0 bridgehead atoms. The molecular weight excluding hydrogens is 299 g/mol. The fourth-order valence-corrected chi connectivity index (χ4v) is 3.11. The van der Waals surface area contributed by atoms with Gasteiger partial charge in [0.05, 0.1) is 0 Å². The van der Waals surface area contributed by atoms with Gasteiger partial charge >= 0.3 is 6.03 Å². The molecule has 2 fully saturated rings. The van der Waals surface area contributed by atoms with Crippen molar-refractivity contribution in [3.05, 3.63) is 41.2 Å². The van der Waals surface area contributed by atoms with Crippen LogP contribution in [-0.2, 0) is 9.59 Å². The van der Waals surface area contributed by atoms with E-state index in [0.717, 1.165) is 37.0 Å². The number of benzene rings is 1. The van der Waals surface area contributed by atoms with Gasteiger partial charge in [0.25, 0.3) is 11.8 Å². The highest BCUT2D eigenvalue weighted by molar-refractivity contribution is 6.31. The minimum absolute atomic E-state index is 0.138. The van der Waals surface area contributed by atoms with Crippen LogP contribution in [0.1, 0.15) is 37.7 Å². The summed E-state index contributed by atoms with van der Waals surface area (Å²) in [5.41, 5.74) is 0.266. The highest BCUT2D eigenvalue weighted by atomic mass is 19.1. The van der Waals surface area contributed by atoms with Crippen molar-refractivity contribution in [2.24, 2.45) is 0 Å². The van der Waals surface area contributed by atoms with E-state index in [1.54, 1.807) is 6.07 Å². The van der Waals surface area contributed by atoms with E-state index >= 15 is 0 Å². The molecule has 1 aliphatic carbocycles. The fourth-order valence-electron chi connectivity index (χ4n) is 3.11. The number of nitrogens with one attached hydrogen (secondary N) is 1. The first kappa shape index (κ1) is 15.4. The molecule has 3 rings (SSSR count). The van der Waals surface area contributed by atoms with E-state index in [1.165, 1.54) is 24.3 Å². The molecule has 6 heteroatoms. The first-order chi connectivity index (χ1) is 11.1. The summed E-state index contributed by atoms with van der Waals surface area (Å²) >= 11 is 0. The molecule has 120 valence electrons. The zero-order valence-electron chi connectivity index (χ0n) is 12.5. The summed E-state index contributed by atoms with van der Waals surface area (Å²) in [6.45, 7) is 0. The van der Waals surface area contributed by atoms with Gasteiger partial charge in [-0.15, -0.1) is 0 Å². The van der Waals surface area contributed by atoms with Crippen molar-refractivity contribution in [3.63, 3.8) is 0 Å². The van der Waals surface area contributed by atoms with E-state index < -0.39 is 23.7 Å². The lowest BCUT2D eigenvalue weighted by Crippen LogP contribution is -2.58. The van der Waals surface area contributed by atoms with Gasteiger partial charge < -0.3 is 0 Å². The molecule has 0 atom stereocenters. The predicted molar refractivity (Wildman–Crippen MR) is 81.6 cm³/mol. The zero-order valence-corrected chi connectivity index (χ0v) is 12.5. The third kappa shape index (κ3) is 3.16. The largest absolute Gasteiger partial charge is 0.331 e. The van der Waals surface area contributed by atoms with Crippen molar-refractivity contribution in [1.82, 2.24) is 10.2 Å². The number of halogens is 1. The lowest BCUT2D eigenvalue weighted by atomic mass is 9.93. The molecule has 1 heterocycles. The highest BCUT2D eigenvalue weighted by Crippen LogP contribution is 2.26. The molecule has 2 aliphatic rings. The second kappa shape index (κ2) is 6.32. The molecule has 1 aliphatic heterocycles. The van der Waals surface area contributed by atoms with Crippen LogP contribution in [0.25, 0.3) is 6.08 Å². The molecule has 1 N–H and O–H groups in total. The topological polar surface area (TPSA) is 66.5 Å². The first-order valence-corrected chi connectivity index (χ1v) is 7.72. The summed E-state index contributed by atoms with van der Waals surface area (Å²) in [6, 6.07) is 4.76. The third-order valence-electron chi connectivity index (χ3n) is 4.23. The normalized spacial score (nSPS) is 21.7. The summed E-state index contributed by atoms with van der Waals surface area (Å²) in [5, 5.41) is 2.21. The van der Waals surface area contributed by atoms with Crippen LogP contribution in [-0.4, -0.2) is 28.8 Å². The van der Waals surface area contributed by atoms with Gasteiger partial charge in [0.15, 0.2) is 0 Å². The molecule has 0 radical (unpaired) electrons. The Morgan fingerprint density at radius 1 is 1.13 bits per heavy atom. The molecule has 0 spiro atoms. The Labute approximate surface area is 133 Å². The molecule has 1 saturated heterocycles. The minimum atomic E-state index is -0.740. The van der Waals surface area contributed by atoms with Crippen molar-refractivity contribution in [1.29, 1.82) is 0 Å². The first-order valence-electron chi connectivity index (χ1n) is 7.72. The van der Waals surface area contributed by atoms with Gasteiger partial charge in [0, 0.05) is 6.04 Å². The molecule has 1 aromatic carbocycles. The molecule has 23 heavy (non-hydrogen) atoms. The smallest absolute Gasteiger partial charge is 0.273 e. The predicted octanol–water partition coefficient (Wildman–Crippen LogP) is 2.62. The number of amides is 4. The monoisotopic (exact) mass is 316 g/mol.